The number of nitrogens with two attached hydrogens (primary N) is 1. The number of benzene rings is 1. The normalized spacial score (nSPS) is 10.2. The Morgan fingerprint density at radius 1 is 1.15 bits per heavy atom. The van der Waals surface area contributed by atoms with Crippen LogP contribution >= 0.6 is 0 Å². The Hall–Kier alpha value is -2.56. The lowest BCUT2D eigenvalue weighted by Crippen LogP contribution is -2.08. The zero-order chi connectivity index (χ0) is 14.7. The molecule has 0 fully saturated rings. The van der Waals surface area contributed by atoms with Crippen LogP contribution in [-0.4, -0.2) is 25.0 Å². The highest BCUT2D eigenvalue weighted by atomic mass is 16.5. The smallest absolute Gasteiger partial charge is 0.196 e. The van der Waals surface area contributed by atoms with Crippen LogP contribution in [0.1, 0.15) is 21.5 Å². The summed E-state index contributed by atoms with van der Waals surface area (Å²) >= 11 is 0. The van der Waals surface area contributed by atoms with Crippen LogP contribution < -0.4 is 15.2 Å². The fourth-order valence-electron chi connectivity index (χ4n) is 1.89. The molecule has 1 heterocycles. The van der Waals surface area contributed by atoms with Gasteiger partial charge in [-0.15, -0.1) is 0 Å². The van der Waals surface area contributed by atoms with Gasteiger partial charge in [0.25, 0.3) is 0 Å². The van der Waals surface area contributed by atoms with Crippen molar-refractivity contribution in [3.63, 3.8) is 0 Å². The van der Waals surface area contributed by atoms with Crippen molar-refractivity contribution in [3.8, 4) is 11.5 Å². The molecule has 0 aliphatic heterocycles. The summed E-state index contributed by atoms with van der Waals surface area (Å²) in [6.07, 6.45) is 1.63. The van der Waals surface area contributed by atoms with E-state index < -0.39 is 0 Å². The molecule has 0 spiro atoms. The Kier molecular flexibility index (Phi) is 3.89. The first-order valence-corrected chi connectivity index (χ1v) is 6.05. The largest absolute Gasteiger partial charge is 0.493 e. The quantitative estimate of drug-likeness (QED) is 0.864. The second-order valence-electron chi connectivity index (χ2n) is 4.34. The number of nitrogen functional groups attached to an aromatic ring is 1. The highest BCUT2D eigenvalue weighted by molar-refractivity contribution is 6.12. The minimum atomic E-state index is -0.195. The molecule has 2 rings (SSSR count). The third-order valence-corrected chi connectivity index (χ3v) is 2.95. The van der Waals surface area contributed by atoms with Crippen molar-refractivity contribution in [2.75, 3.05) is 20.0 Å². The SMILES string of the molecule is COc1ccc(C(=O)c2cc(C)cnc2N)cc1OC. The van der Waals surface area contributed by atoms with Crippen LogP contribution in [0.25, 0.3) is 0 Å². The van der Waals surface area contributed by atoms with Crippen molar-refractivity contribution < 1.29 is 14.3 Å². The van der Waals surface area contributed by atoms with Gasteiger partial charge in [0.2, 0.25) is 0 Å². The molecule has 5 nitrogen and oxygen atoms in total. The summed E-state index contributed by atoms with van der Waals surface area (Å²) in [4.78, 5) is 16.5. The molecule has 0 bridgehead atoms. The second kappa shape index (κ2) is 5.61. The zero-order valence-electron chi connectivity index (χ0n) is 11.6. The van der Waals surface area contributed by atoms with Crippen LogP contribution in [0, 0.1) is 6.92 Å². The van der Waals surface area contributed by atoms with Gasteiger partial charge < -0.3 is 15.2 Å². The van der Waals surface area contributed by atoms with Gasteiger partial charge in [-0.2, -0.15) is 0 Å². The van der Waals surface area contributed by atoms with Gasteiger partial charge in [-0.25, -0.2) is 4.98 Å². The molecule has 20 heavy (non-hydrogen) atoms. The predicted octanol–water partition coefficient (Wildman–Crippen LogP) is 2.22. The van der Waals surface area contributed by atoms with Crippen LogP contribution in [0.15, 0.2) is 30.5 Å². The zero-order valence-corrected chi connectivity index (χ0v) is 11.6. The third-order valence-electron chi connectivity index (χ3n) is 2.95. The van der Waals surface area contributed by atoms with Gasteiger partial charge in [0.1, 0.15) is 5.82 Å². The number of ketones is 1. The first-order valence-electron chi connectivity index (χ1n) is 6.05. The fraction of sp³-hybridized carbons (Fsp3) is 0.200. The van der Waals surface area contributed by atoms with Gasteiger partial charge in [-0.05, 0) is 36.8 Å². The maximum atomic E-state index is 12.5. The minimum Gasteiger partial charge on any atom is -0.493 e. The number of aryl methyl sites for hydroxylation is 1. The van der Waals surface area contributed by atoms with Gasteiger partial charge in [-0.1, -0.05) is 0 Å². The second-order valence-corrected chi connectivity index (χ2v) is 4.34. The number of ether oxygens (including phenoxy) is 2. The molecule has 0 radical (unpaired) electrons. The van der Waals surface area contributed by atoms with Crippen LogP contribution in [0.3, 0.4) is 0 Å². The number of pyridine rings is 1. The molecule has 0 saturated carbocycles. The molecule has 1 aromatic carbocycles. The Morgan fingerprint density at radius 2 is 1.85 bits per heavy atom. The lowest BCUT2D eigenvalue weighted by molar-refractivity contribution is 0.103. The lowest BCUT2D eigenvalue weighted by atomic mass is 10.0. The van der Waals surface area contributed by atoms with Gasteiger partial charge in [0.05, 0.1) is 19.8 Å². The summed E-state index contributed by atoms with van der Waals surface area (Å²) in [6, 6.07) is 6.71. The molecule has 0 saturated heterocycles. The van der Waals surface area contributed by atoms with Gasteiger partial charge in [0.15, 0.2) is 17.3 Å². The van der Waals surface area contributed by atoms with E-state index in [1.54, 1.807) is 37.6 Å². The number of aromatic nitrogens is 1. The summed E-state index contributed by atoms with van der Waals surface area (Å²) in [7, 11) is 3.07. The molecule has 0 unspecified atom stereocenters. The summed E-state index contributed by atoms with van der Waals surface area (Å²) in [5.74, 6) is 1.09. The van der Waals surface area contributed by atoms with Crippen molar-refractivity contribution in [1.82, 2.24) is 4.98 Å². The molecule has 104 valence electrons. The van der Waals surface area contributed by atoms with E-state index in [0.717, 1.165) is 5.56 Å². The molecule has 5 heteroatoms. The van der Waals surface area contributed by atoms with Crippen molar-refractivity contribution in [1.29, 1.82) is 0 Å². The first-order chi connectivity index (χ1) is 9.56. The lowest BCUT2D eigenvalue weighted by Gasteiger charge is -2.10. The van der Waals surface area contributed by atoms with Gasteiger partial charge in [-0.3, -0.25) is 4.79 Å². The summed E-state index contributed by atoms with van der Waals surface area (Å²) in [5, 5.41) is 0. The molecular formula is C15H16N2O3. The van der Waals surface area contributed by atoms with Crippen molar-refractivity contribution in [3.05, 3.63) is 47.2 Å². The van der Waals surface area contributed by atoms with Crippen LogP contribution in [0.2, 0.25) is 0 Å². The third kappa shape index (κ3) is 2.56. The van der Waals surface area contributed by atoms with E-state index in [2.05, 4.69) is 4.98 Å². The maximum absolute atomic E-state index is 12.5. The van der Waals surface area contributed by atoms with E-state index in [0.29, 0.717) is 22.6 Å². The van der Waals surface area contributed by atoms with Gasteiger partial charge >= 0.3 is 0 Å². The Labute approximate surface area is 117 Å². The molecular weight excluding hydrogens is 256 g/mol. The Balaban J connectivity index is 2.45. The van der Waals surface area contributed by atoms with Crippen molar-refractivity contribution in [2.45, 2.75) is 6.92 Å². The molecule has 0 atom stereocenters. The fourth-order valence-corrected chi connectivity index (χ4v) is 1.89. The average molecular weight is 272 g/mol. The van der Waals surface area contributed by atoms with Crippen LogP contribution in [0.4, 0.5) is 5.82 Å². The number of anilines is 1. The summed E-state index contributed by atoms with van der Waals surface area (Å²) < 4.78 is 10.3. The highest BCUT2D eigenvalue weighted by Gasteiger charge is 2.16. The standard InChI is InChI=1S/C15H16N2O3/c1-9-6-11(15(16)17-8-9)14(18)10-4-5-12(19-2)13(7-10)20-3/h4-8H,1-3H3,(H2,16,17). The highest BCUT2D eigenvalue weighted by Crippen LogP contribution is 2.29. The van der Waals surface area contributed by atoms with Gasteiger partial charge in [0, 0.05) is 11.8 Å². The molecule has 1 aromatic heterocycles. The number of hydrogen-bond acceptors (Lipinski definition) is 5. The van der Waals surface area contributed by atoms with E-state index in [9.17, 15) is 4.79 Å². The van der Waals surface area contributed by atoms with Crippen molar-refractivity contribution >= 4 is 11.6 Å². The van der Waals surface area contributed by atoms with Crippen molar-refractivity contribution in [2.24, 2.45) is 0 Å². The van der Waals surface area contributed by atoms with E-state index in [1.807, 2.05) is 6.92 Å². The maximum Gasteiger partial charge on any atom is 0.196 e. The number of carbonyl (C=O) groups is 1. The minimum absolute atomic E-state index is 0.195. The predicted molar refractivity (Wildman–Crippen MR) is 76.4 cm³/mol. The molecule has 0 aliphatic rings. The monoisotopic (exact) mass is 272 g/mol. The number of carbonyl (C=O) groups excluding carboxylic acids is 1. The number of methoxy groups -OCH3 is 2. The topological polar surface area (TPSA) is 74.4 Å². The Morgan fingerprint density at radius 3 is 2.50 bits per heavy atom. The Bertz CT molecular complexity index is 654. The molecule has 0 amide bonds. The number of hydrogen-bond donors (Lipinski definition) is 1. The molecule has 2 aromatic rings. The number of rotatable bonds is 4. The number of nitrogens with zero attached hydrogens (tertiary/aromatic N) is 1. The van der Waals surface area contributed by atoms with Crippen LogP contribution in [-0.2, 0) is 0 Å². The molecule has 0 aliphatic carbocycles. The molecule has 2 N–H and O–H groups in total. The van der Waals surface area contributed by atoms with E-state index >= 15 is 0 Å². The van der Waals surface area contributed by atoms with E-state index in [-0.39, 0.29) is 11.6 Å². The average Bonchev–Trinajstić information content (AvgIpc) is 2.48. The van der Waals surface area contributed by atoms with E-state index in [4.69, 9.17) is 15.2 Å². The van der Waals surface area contributed by atoms with Crippen LogP contribution in [0.5, 0.6) is 11.5 Å². The first kappa shape index (κ1) is 13.9. The van der Waals surface area contributed by atoms with E-state index in [1.165, 1.54) is 7.11 Å². The summed E-state index contributed by atoms with van der Waals surface area (Å²) in [6.45, 7) is 1.86. The summed E-state index contributed by atoms with van der Waals surface area (Å²) in [5.41, 5.74) is 7.50.